The van der Waals surface area contributed by atoms with Gasteiger partial charge in [-0.05, 0) is 38.8 Å². The van der Waals surface area contributed by atoms with Crippen molar-refractivity contribution in [3.63, 3.8) is 0 Å². The van der Waals surface area contributed by atoms with Crippen LogP contribution in [0.5, 0.6) is 5.75 Å². The molecule has 2 unspecified atom stereocenters. The van der Waals surface area contributed by atoms with Crippen LogP contribution in [0.4, 0.5) is 0 Å². The maximum Gasteiger partial charge on any atom is 0.308 e. The number of carbonyl (C=O) groups is 2. The molecule has 2 atom stereocenters. The molecule has 1 N–H and O–H groups in total. The van der Waals surface area contributed by atoms with Crippen molar-refractivity contribution in [2.75, 3.05) is 26.4 Å². The predicted octanol–water partition coefficient (Wildman–Crippen LogP) is 3.20. The second-order valence-corrected chi connectivity index (χ2v) is 6.85. The third kappa shape index (κ3) is 9.99. The van der Waals surface area contributed by atoms with Crippen LogP contribution < -0.4 is 10.1 Å². The minimum Gasteiger partial charge on any atom is -0.491 e. The average Bonchev–Trinajstić information content (AvgIpc) is 2.65. The monoisotopic (exact) mass is 379 g/mol. The highest BCUT2D eigenvalue weighted by Crippen LogP contribution is 2.17. The molecule has 1 aromatic rings. The van der Waals surface area contributed by atoms with Crippen LogP contribution in [-0.2, 0) is 19.1 Å². The summed E-state index contributed by atoms with van der Waals surface area (Å²) in [4.78, 5) is 24.2. The van der Waals surface area contributed by atoms with Crippen molar-refractivity contribution >= 4 is 11.9 Å². The molecule has 0 saturated carbocycles. The van der Waals surface area contributed by atoms with Gasteiger partial charge in [-0.15, -0.1) is 0 Å². The van der Waals surface area contributed by atoms with Crippen LogP contribution in [-0.4, -0.2) is 44.3 Å². The molecule has 0 fully saturated rings. The number of hydrogen-bond donors (Lipinski definition) is 1. The molecule has 0 aliphatic heterocycles. The Morgan fingerprint density at radius 2 is 1.67 bits per heavy atom. The normalized spacial score (nSPS) is 13.1. The highest BCUT2D eigenvalue weighted by Gasteiger charge is 2.24. The summed E-state index contributed by atoms with van der Waals surface area (Å²) in [6.45, 7) is 8.98. The number of benzene rings is 1. The first kappa shape index (κ1) is 23.0. The van der Waals surface area contributed by atoms with Crippen LogP contribution >= 0.6 is 0 Å². The zero-order chi connectivity index (χ0) is 20.1. The standard InChI is InChI=1S/C21H33NO5/c1-5-18(20(23)22-16(2)3)15-17(4)21(24)27-14-12-25-11-13-26-19-9-7-6-8-10-19/h6-10,16-18H,5,11-15H2,1-4H3,(H,22,23). The fourth-order valence-corrected chi connectivity index (χ4v) is 2.57. The molecule has 1 amide bonds. The summed E-state index contributed by atoms with van der Waals surface area (Å²) in [5, 5.41) is 2.90. The molecule has 0 bridgehead atoms. The molecule has 0 aromatic heterocycles. The highest BCUT2D eigenvalue weighted by atomic mass is 16.6. The minimum atomic E-state index is -0.325. The predicted molar refractivity (Wildman–Crippen MR) is 105 cm³/mol. The highest BCUT2D eigenvalue weighted by molar-refractivity contribution is 5.80. The summed E-state index contributed by atoms with van der Waals surface area (Å²) in [6.07, 6.45) is 1.18. The van der Waals surface area contributed by atoms with Crippen molar-refractivity contribution < 1.29 is 23.8 Å². The van der Waals surface area contributed by atoms with Gasteiger partial charge in [-0.2, -0.15) is 0 Å². The lowest BCUT2D eigenvalue weighted by atomic mass is 9.92. The summed E-state index contributed by atoms with van der Waals surface area (Å²) >= 11 is 0. The Balaban J connectivity index is 2.15. The lowest BCUT2D eigenvalue weighted by Gasteiger charge is -2.20. The molecule has 1 aromatic carbocycles. The Kier molecular flexibility index (Phi) is 11.2. The minimum absolute atomic E-state index is 0.00565. The Morgan fingerprint density at radius 1 is 1.00 bits per heavy atom. The number of hydrogen-bond acceptors (Lipinski definition) is 5. The van der Waals surface area contributed by atoms with Crippen LogP contribution in [0.1, 0.15) is 40.5 Å². The van der Waals surface area contributed by atoms with Gasteiger partial charge >= 0.3 is 5.97 Å². The lowest BCUT2D eigenvalue weighted by Crippen LogP contribution is -2.36. The number of ether oxygens (including phenoxy) is 3. The van der Waals surface area contributed by atoms with Gasteiger partial charge in [0.05, 0.1) is 19.1 Å². The van der Waals surface area contributed by atoms with Crippen LogP contribution in [0.15, 0.2) is 30.3 Å². The van der Waals surface area contributed by atoms with E-state index in [1.807, 2.05) is 51.1 Å². The fourth-order valence-electron chi connectivity index (χ4n) is 2.57. The van der Waals surface area contributed by atoms with Crippen LogP contribution in [0.3, 0.4) is 0 Å². The summed E-state index contributed by atoms with van der Waals surface area (Å²) in [5.41, 5.74) is 0. The van der Waals surface area contributed by atoms with Crippen molar-refractivity contribution in [3.05, 3.63) is 30.3 Å². The third-order valence-electron chi connectivity index (χ3n) is 4.05. The third-order valence-corrected chi connectivity index (χ3v) is 4.05. The maximum absolute atomic E-state index is 12.1. The molecule has 0 spiro atoms. The van der Waals surface area contributed by atoms with Crippen molar-refractivity contribution in [1.82, 2.24) is 5.32 Å². The first-order valence-electron chi connectivity index (χ1n) is 9.66. The van der Waals surface area contributed by atoms with Crippen LogP contribution in [0, 0.1) is 11.8 Å². The Labute approximate surface area is 162 Å². The SMILES string of the molecule is CCC(CC(C)C(=O)OCCOCCOc1ccccc1)C(=O)NC(C)C. The van der Waals surface area contributed by atoms with Crippen molar-refractivity contribution in [2.24, 2.45) is 11.8 Å². The Hall–Kier alpha value is -2.08. The van der Waals surface area contributed by atoms with E-state index < -0.39 is 0 Å². The van der Waals surface area contributed by atoms with Crippen LogP contribution in [0.2, 0.25) is 0 Å². The smallest absolute Gasteiger partial charge is 0.308 e. The molecule has 0 radical (unpaired) electrons. The van der Waals surface area contributed by atoms with Gasteiger partial charge in [-0.25, -0.2) is 0 Å². The second kappa shape index (κ2) is 13.1. The van der Waals surface area contributed by atoms with Gasteiger partial charge in [0.15, 0.2) is 0 Å². The fraction of sp³-hybridized carbons (Fsp3) is 0.619. The molecule has 0 heterocycles. The zero-order valence-corrected chi connectivity index (χ0v) is 16.9. The van der Waals surface area contributed by atoms with Gasteiger partial charge in [0.25, 0.3) is 0 Å². The summed E-state index contributed by atoms with van der Waals surface area (Å²) in [7, 11) is 0. The molecular formula is C21H33NO5. The van der Waals surface area contributed by atoms with Crippen LogP contribution in [0.25, 0.3) is 0 Å². The first-order valence-corrected chi connectivity index (χ1v) is 9.66. The molecular weight excluding hydrogens is 346 g/mol. The molecule has 152 valence electrons. The van der Waals surface area contributed by atoms with Crippen molar-refractivity contribution in [1.29, 1.82) is 0 Å². The lowest BCUT2D eigenvalue weighted by molar-refractivity contribution is -0.150. The van der Waals surface area contributed by atoms with E-state index in [-0.39, 0.29) is 36.4 Å². The van der Waals surface area contributed by atoms with E-state index in [9.17, 15) is 9.59 Å². The zero-order valence-electron chi connectivity index (χ0n) is 16.9. The van der Waals surface area contributed by atoms with E-state index in [0.29, 0.717) is 32.7 Å². The van der Waals surface area contributed by atoms with Gasteiger partial charge in [0.2, 0.25) is 5.91 Å². The molecule has 1 rings (SSSR count). The number of para-hydroxylation sites is 1. The van der Waals surface area contributed by atoms with Gasteiger partial charge in [0, 0.05) is 12.0 Å². The molecule has 6 heteroatoms. The number of esters is 1. The average molecular weight is 379 g/mol. The summed E-state index contributed by atoms with van der Waals surface area (Å²) in [5.74, 6) is -0.00669. The quantitative estimate of drug-likeness (QED) is 0.421. The largest absolute Gasteiger partial charge is 0.491 e. The molecule has 6 nitrogen and oxygen atoms in total. The Bertz CT molecular complexity index is 547. The van der Waals surface area contributed by atoms with Gasteiger partial charge in [0.1, 0.15) is 19.0 Å². The first-order chi connectivity index (χ1) is 12.9. The van der Waals surface area contributed by atoms with E-state index in [0.717, 1.165) is 5.75 Å². The molecule has 27 heavy (non-hydrogen) atoms. The van der Waals surface area contributed by atoms with E-state index in [4.69, 9.17) is 14.2 Å². The van der Waals surface area contributed by atoms with Gasteiger partial charge in [-0.3, -0.25) is 9.59 Å². The topological polar surface area (TPSA) is 73.9 Å². The number of amides is 1. The van der Waals surface area contributed by atoms with E-state index in [1.54, 1.807) is 6.92 Å². The summed E-state index contributed by atoms with van der Waals surface area (Å²) in [6, 6.07) is 9.61. The van der Waals surface area contributed by atoms with E-state index in [1.165, 1.54) is 0 Å². The molecule has 0 aliphatic rings. The maximum atomic E-state index is 12.1. The Morgan fingerprint density at radius 3 is 2.30 bits per heavy atom. The van der Waals surface area contributed by atoms with Gasteiger partial charge < -0.3 is 19.5 Å². The molecule has 0 aliphatic carbocycles. The summed E-state index contributed by atoms with van der Waals surface area (Å²) < 4.78 is 16.1. The van der Waals surface area contributed by atoms with Gasteiger partial charge in [-0.1, -0.05) is 32.0 Å². The van der Waals surface area contributed by atoms with Crippen molar-refractivity contribution in [3.8, 4) is 5.75 Å². The van der Waals surface area contributed by atoms with Crippen molar-refractivity contribution in [2.45, 2.75) is 46.6 Å². The number of nitrogens with one attached hydrogen (secondary N) is 1. The number of rotatable bonds is 13. The van der Waals surface area contributed by atoms with E-state index >= 15 is 0 Å². The second-order valence-electron chi connectivity index (χ2n) is 6.85. The molecule has 0 saturated heterocycles. The van der Waals surface area contributed by atoms with E-state index in [2.05, 4.69) is 5.32 Å². The number of carbonyl (C=O) groups excluding carboxylic acids is 2.